The summed E-state index contributed by atoms with van der Waals surface area (Å²) in [6.45, 7) is 2.00. The highest BCUT2D eigenvalue weighted by Crippen LogP contribution is 2.13. The maximum absolute atomic E-state index is 12.0. The molecule has 24 heavy (non-hydrogen) atoms. The number of carbonyl (C=O) groups is 3. The molecule has 1 aromatic rings. The Labute approximate surface area is 145 Å². The first-order chi connectivity index (χ1) is 11.5. The van der Waals surface area contributed by atoms with Gasteiger partial charge in [0, 0.05) is 5.56 Å². The van der Waals surface area contributed by atoms with Crippen LogP contribution in [0, 0.1) is 0 Å². The van der Waals surface area contributed by atoms with Crippen molar-refractivity contribution in [1.82, 2.24) is 5.32 Å². The summed E-state index contributed by atoms with van der Waals surface area (Å²) in [6, 6.07) is 4.89. The third-order valence-corrected chi connectivity index (χ3v) is 3.69. The van der Waals surface area contributed by atoms with Gasteiger partial charge in [-0.1, -0.05) is 0 Å². The topological polar surface area (TPSA) is 108 Å². The average molecular weight is 354 g/mol. The van der Waals surface area contributed by atoms with Crippen LogP contribution in [0.15, 0.2) is 24.3 Å². The zero-order valence-electron chi connectivity index (χ0n) is 13.7. The normalized spacial score (nSPS) is 11.4. The minimum atomic E-state index is -0.858. The van der Waals surface area contributed by atoms with Gasteiger partial charge in [0.05, 0.1) is 6.61 Å². The van der Waals surface area contributed by atoms with Gasteiger partial charge in [0.25, 0.3) is 0 Å². The van der Waals surface area contributed by atoms with Gasteiger partial charge in [0.2, 0.25) is 0 Å². The zero-order valence-corrected chi connectivity index (χ0v) is 14.6. The molecule has 0 saturated heterocycles. The fraction of sp³-hybridized carbons (Fsp3) is 0.438. The minimum absolute atomic E-state index is 0.339. The monoisotopic (exact) mass is 354 g/mol. The molecule has 0 spiro atoms. The van der Waals surface area contributed by atoms with Crippen molar-refractivity contribution < 1.29 is 23.9 Å². The van der Waals surface area contributed by atoms with E-state index in [1.165, 1.54) is 11.8 Å². The number of carbonyl (C=O) groups excluding carboxylic acids is 3. The van der Waals surface area contributed by atoms with Crippen LogP contribution in [0.5, 0.6) is 5.75 Å². The summed E-state index contributed by atoms with van der Waals surface area (Å²) in [5.41, 5.74) is 5.46. The van der Waals surface area contributed by atoms with Gasteiger partial charge >= 0.3 is 12.0 Å². The number of ether oxygens (including phenoxy) is 2. The lowest BCUT2D eigenvalue weighted by Gasteiger charge is -2.15. The fourth-order valence-electron chi connectivity index (χ4n) is 1.88. The number of primary amides is 1. The van der Waals surface area contributed by atoms with Gasteiger partial charge in [-0.05, 0) is 49.6 Å². The number of thioether (sulfide) groups is 1. The van der Waals surface area contributed by atoms with E-state index in [1.807, 2.05) is 13.2 Å². The third kappa shape index (κ3) is 6.91. The third-order valence-electron chi connectivity index (χ3n) is 3.04. The Hall–Kier alpha value is -2.22. The van der Waals surface area contributed by atoms with Crippen molar-refractivity contribution in [3.63, 3.8) is 0 Å². The van der Waals surface area contributed by atoms with Gasteiger partial charge in [-0.2, -0.15) is 11.8 Å². The maximum Gasteiger partial charge on any atom is 0.329 e. The molecule has 0 aliphatic heterocycles. The van der Waals surface area contributed by atoms with Crippen molar-refractivity contribution in [2.45, 2.75) is 19.4 Å². The molecule has 0 aliphatic rings. The van der Waals surface area contributed by atoms with E-state index in [9.17, 15) is 14.4 Å². The number of nitrogens with two attached hydrogens (primary N) is 1. The fourth-order valence-corrected chi connectivity index (χ4v) is 2.35. The molecular weight excluding hydrogens is 332 g/mol. The molecule has 1 aromatic carbocycles. The van der Waals surface area contributed by atoms with Crippen LogP contribution >= 0.6 is 11.8 Å². The molecule has 0 heterocycles. The number of hydrogen-bond acceptors (Lipinski definition) is 6. The van der Waals surface area contributed by atoms with Crippen molar-refractivity contribution in [3.8, 4) is 5.75 Å². The van der Waals surface area contributed by atoms with Crippen molar-refractivity contribution in [2.75, 3.05) is 25.2 Å². The second-order valence-corrected chi connectivity index (χ2v) is 5.82. The Kier molecular flexibility index (Phi) is 8.70. The number of rotatable bonds is 10. The van der Waals surface area contributed by atoms with Crippen molar-refractivity contribution >= 4 is 29.5 Å². The molecule has 132 valence electrons. The number of urea groups is 1. The zero-order chi connectivity index (χ0) is 17.9. The first kappa shape index (κ1) is 19.8. The highest BCUT2D eigenvalue weighted by molar-refractivity contribution is 7.98. The van der Waals surface area contributed by atoms with Crippen LogP contribution in [-0.2, 0) is 9.53 Å². The predicted octanol–water partition coefficient (Wildman–Crippen LogP) is 1.60. The quantitative estimate of drug-likeness (QED) is 0.488. The number of esters is 1. The summed E-state index contributed by atoms with van der Waals surface area (Å²) < 4.78 is 10.3. The molecule has 0 radical (unpaired) electrons. The summed E-state index contributed by atoms with van der Waals surface area (Å²) in [5, 5.41) is 2.32. The first-order valence-electron chi connectivity index (χ1n) is 7.45. The number of amides is 2. The largest absolute Gasteiger partial charge is 0.494 e. The van der Waals surface area contributed by atoms with Gasteiger partial charge in [0.1, 0.15) is 11.8 Å². The molecule has 0 saturated carbocycles. The first-order valence-corrected chi connectivity index (χ1v) is 8.85. The molecule has 0 bridgehead atoms. The lowest BCUT2D eigenvalue weighted by atomic mass is 10.1. The van der Waals surface area contributed by atoms with Crippen molar-refractivity contribution in [2.24, 2.45) is 5.73 Å². The molecule has 3 N–H and O–H groups in total. The summed E-state index contributed by atoms with van der Waals surface area (Å²) >= 11 is 1.52. The van der Waals surface area contributed by atoms with Gasteiger partial charge < -0.3 is 20.5 Å². The second kappa shape index (κ2) is 10.5. The number of benzene rings is 1. The molecular formula is C16H22N2O5S. The van der Waals surface area contributed by atoms with Crippen molar-refractivity contribution in [3.05, 3.63) is 29.8 Å². The lowest BCUT2D eigenvalue weighted by molar-refractivity contribution is -0.144. The Morgan fingerprint density at radius 2 is 1.92 bits per heavy atom. The van der Waals surface area contributed by atoms with Gasteiger partial charge in [-0.3, -0.25) is 4.79 Å². The van der Waals surface area contributed by atoms with Crippen LogP contribution in [-0.4, -0.2) is 49.0 Å². The SMILES string of the molecule is CCOc1ccc(C(=O)COC(=O)[C@H](CCSC)NC(N)=O)cc1. The van der Waals surface area contributed by atoms with Crippen LogP contribution in [0.2, 0.25) is 0 Å². The second-order valence-electron chi connectivity index (χ2n) is 4.83. The summed E-state index contributed by atoms with van der Waals surface area (Å²) in [4.78, 5) is 35.0. The van der Waals surface area contributed by atoms with Crippen LogP contribution in [0.4, 0.5) is 4.79 Å². The lowest BCUT2D eigenvalue weighted by Crippen LogP contribution is -2.45. The van der Waals surface area contributed by atoms with E-state index >= 15 is 0 Å². The minimum Gasteiger partial charge on any atom is -0.494 e. The van der Waals surface area contributed by atoms with E-state index in [1.54, 1.807) is 24.3 Å². The van der Waals surface area contributed by atoms with E-state index in [2.05, 4.69) is 5.32 Å². The van der Waals surface area contributed by atoms with Crippen LogP contribution < -0.4 is 15.8 Å². The van der Waals surface area contributed by atoms with Crippen LogP contribution in [0.25, 0.3) is 0 Å². The van der Waals surface area contributed by atoms with E-state index in [4.69, 9.17) is 15.2 Å². The molecule has 2 amide bonds. The van der Waals surface area contributed by atoms with Gasteiger partial charge in [0.15, 0.2) is 12.4 Å². The highest BCUT2D eigenvalue weighted by Gasteiger charge is 2.22. The molecule has 0 unspecified atom stereocenters. The molecule has 0 aliphatic carbocycles. The summed E-state index contributed by atoms with van der Waals surface area (Å²) in [6.07, 6.45) is 2.25. The molecule has 1 atom stereocenters. The molecule has 7 nitrogen and oxygen atoms in total. The van der Waals surface area contributed by atoms with Gasteiger partial charge in [-0.15, -0.1) is 0 Å². The van der Waals surface area contributed by atoms with Gasteiger partial charge in [-0.25, -0.2) is 9.59 Å². The molecule has 1 rings (SSSR count). The number of Topliss-reactive ketones (excluding diaryl/α,β-unsaturated/α-hetero) is 1. The molecule has 0 fully saturated rings. The van der Waals surface area contributed by atoms with E-state index in [0.29, 0.717) is 30.1 Å². The van der Waals surface area contributed by atoms with Crippen LogP contribution in [0.3, 0.4) is 0 Å². The number of nitrogens with one attached hydrogen (secondary N) is 1. The molecule has 0 aromatic heterocycles. The van der Waals surface area contributed by atoms with Crippen molar-refractivity contribution in [1.29, 1.82) is 0 Å². The summed E-state index contributed by atoms with van der Waals surface area (Å²) in [7, 11) is 0. The maximum atomic E-state index is 12.0. The van der Waals surface area contributed by atoms with E-state index in [-0.39, 0.29) is 5.78 Å². The standard InChI is InChI=1S/C16H22N2O5S/c1-3-22-12-6-4-11(5-7-12)14(19)10-23-15(20)13(8-9-24-2)18-16(17)21/h4-7,13H,3,8-10H2,1-2H3,(H3,17,18,21)/t13-/m0/s1. The highest BCUT2D eigenvalue weighted by atomic mass is 32.2. The number of ketones is 1. The van der Waals surface area contributed by atoms with E-state index < -0.39 is 24.6 Å². The Morgan fingerprint density at radius 3 is 2.46 bits per heavy atom. The predicted molar refractivity (Wildman–Crippen MR) is 92.4 cm³/mol. The molecule has 8 heteroatoms. The average Bonchev–Trinajstić information content (AvgIpc) is 2.56. The Balaban J connectivity index is 2.56. The summed E-state index contributed by atoms with van der Waals surface area (Å²) in [5.74, 6) is 0.289. The number of hydrogen-bond donors (Lipinski definition) is 2. The van der Waals surface area contributed by atoms with Crippen LogP contribution in [0.1, 0.15) is 23.7 Å². The Morgan fingerprint density at radius 1 is 1.25 bits per heavy atom. The Bertz CT molecular complexity index is 562. The van der Waals surface area contributed by atoms with E-state index in [0.717, 1.165) is 0 Å². The smallest absolute Gasteiger partial charge is 0.329 e.